The predicted octanol–water partition coefficient (Wildman–Crippen LogP) is 3.85. The first-order chi connectivity index (χ1) is 12.1. The molecule has 1 aromatic heterocycles. The van der Waals surface area contributed by atoms with Gasteiger partial charge in [0.15, 0.2) is 6.10 Å². The number of benzene rings is 2. The van der Waals surface area contributed by atoms with Crippen molar-refractivity contribution in [2.24, 2.45) is 0 Å². The molecule has 0 amide bonds. The summed E-state index contributed by atoms with van der Waals surface area (Å²) in [4.78, 5) is 10.2. The van der Waals surface area contributed by atoms with Gasteiger partial charge in [-0.15, -0.1) is 10.2 Å². The Bertz CT molecular complexity index is 939. The first-order valence-corrected chi connectivity index (χ1v) is 7.63. The lowest BCUT2D eigenvalue weighted by atomic mass is 10.0. The third-order valence-electron chi connectivity index (χ3n) is 4.01. The van der Waals surface area contributed by atoms with Gasteiger partial charge in [0, 0.05) is 17.7 Å². The zero-order valence-electron chi connectivity index (χ0n) is 12.9. The summed E-state index contributed by atoms with van der Waals surface area (Å²) in [6.07, 6.45) is 0.836. The van der Waals surface area contributed by atoms with Crippen LogP contribution in [-0.2, 0) is 6.42 Å². The Kier molecular flexibility index (Phi) is 3.64. The number of non-ortho nitro benzene ring substituents is 1. The van der Waals surface area contributed by atoms with Crippen LogP contribution in [0.5, 0.6) is 5.75 Å². The Balaban J connectivity index is 1.55. The summed E-state index contributed by atoms with van der Waals surface area (Å²) in [5.74, 6) is 0.897. The first-order valence-electron chi connectivity index (χ1n) is 7.63. The van der Waals surface area contributed by atoms with E-state index in [1.165, 1.54) is 24.3 Å². The van der Waals surface area contributed by atoms with E-state index in [0.29, 0.717) is 30.0 Å². The normalized spacial score (nSPS) is 16.1. The van der Waals surface area contributed by atoms with Gasteiger partial charge in [0.25, 0.3) is 11.6 Å². The predicted molar refractivity (Wildman–Crippen MR) is 84.5 cm³/mol. The number of hydrogen-bond acceptors (Lipinski definition) is 6. The van der Waals surface area contributed by atoms with Gasteiger partial charge in [0.05, 0.1) is 4.92 Å². The second-order valence-electron chi connectivity index (χ2n) is 5.65. The summed E-state index contributed by atoms with van der Waals surface area (Å²) in [5.41, 5.74) is 1.39. The van der Waals surface area contributed by atoms with Gasteiger partial charge in [-0.25, -0.2) is 4.39 Å². The molecule has 1 aliphatic heterocycles. The quantitative estimate of drug-likeness (QED) is 0.531. The highest BCUT2D eigenvalue weighted by atomic mass is 19.1. The number of aryl methyl sites for hydroxylation is 1. The Morgan fingerprint density at radius 3 is 2.72 bits per heavy atom. The van der Waals surface area contributed by atoms with Gasteiger partial charge in [0.2, 0.25) is 5.89 Å². The maximum absolute atomic E-state index is 13.2. The monoisotopic (exact) mass is 341 g/mol. The molecule has 25 heavy (non-hydrogen) atoms. The molecule has 1 atom stereocenters. The third-order valence-corrected chi connectivity index (χ3v) is 4.01. The fraction of sp³-hybridized carbons (Fsp3) is 0.176. The van der Waals surface area contributed by atoms with Crippen LogP contribution in [0.2, 0.25) is 0 Å². The van der Waals surface area contributed by atoms with Crippen molar-refractivity contribution in [3.63, 3.8) is 0 Å². The van der Waals surface area contributed by atoms with E-state index in [2.05, 4.69) is 10.2 Å². The van der Waals surface area contributed by atoms with Crippen molar-refractivity contribution >= 4 is 5.69 Å². The summed E-state index contributed by atoms with van der Waals surface area (Å²) < 4.78 is 24.7. The van der Waals surface area contributed by atoms with Crippen LogP contribution in [0, 0.1) is 15.9 Å². The van der Waals surface area contributed by atoms with Crippen LogP contribution in [0.25, 0.3) is 11.5 Å². The third kappa shape index (κ3) is 2.93. The van der Waals surface area contributed by atoms with Crippen molar-refractivity contribution in [3.05, 3.63) is 69.9 Å². The molecule has 2 heterocycles. The SMILES string of the molecule is O=[N+]([O-])c1ccc(-c2nnc(C3CCc4cc(F)ccc4O3)o2)cc1. The molecule has 0 N–H and O–H groups in total. The molecule has 7 nitrogen and oxygen atoms in total. The van der Waals surface area contributed by atoms with Crippen LogP contribution in [0.1, 0.15) is 24.0 Å². The number of rotatable bonds is 3. The summed E-state index contributed by atoms with van der Waals surface area (Å²) >= 11 is 0. The number of aromatic nitrogens is 2. The lowest BCUT2D eigenvalue weighted by Crippen LogP contribution is -2.15. The molecular weight excluding hydrogens is 329 g/mol. The molecule has 1 unspecified atom stereocenters. The van der Waals surface area contributed by atoms with E-state index in [1.807, 2.05) is 0 Å². The molecule has 0 radical (unpaired) electrons. The molecular formula is C17H12FN3O4. The number of halogens is 1. The average Bonchev–Trinajstić information content (AvgIpc) is 3.11. The minimum atomic E-state index is -0.473. The number of ether oxygens (including phenoxy) is 1. The zero-order valence-corrected chi connectivity index (χ0v) is 12.9. The van der Waals surface area contributed by atoms with Gasteiger partial charge in [-0.1, -0.05) is 0 Å². The van der Waals surface area contributed by atoms with Crippen molar-refractivity contribution in [2.45, 2.75) is 18.9 Å². The topological polar surface area (TPSA) is 91.3 Å². The Morgan fingerprint density at radius 1 is 1.16 bits per heavy atom. The second-order valence-corrected chi connectivity index (χ2v) is 5.65. The average molecular weight is 341 g/mol. The van der Waals surface area contributed by atoms with Gasteiger partial charge < -0.3 is 9.15 Å². The Hall–Kier alpha value is -3.29. The highest BCUT2D eigenvalue weighted by Crippen LogP contribution is 2.35. The summed E-state index contributed by atoms with van der Waals surface area (Å²) in [7, 11) is 0. The highest BCUT2D eigenvalue weighted by molar-refractivity contribution is 5.55. The summed E-state index contributed by atoms with van der Waals surface area (Å²) in [6, 6.07) is 10.2. The van der Waals surface area contributed by atoms with Crippen LogP contribution in [0.4, 0.5) is 10.1 Å². The van der Waals surface area contributed by atoms with Crippen molar-refractivity contribution in [3.8, 4) is 17.2 Å². The van der Waals surface area contributed by atoms with Gasteiger partial charge in [-0.05, 0) is 48.7 Å². The maximum Gasteiger partial charge on any atom is 0.269 e. The van der Waals surface area contributed by atoms with E-state index in [-0.39, 0.29) is 17.4 Å². The van der Waals surface area contributed by atoms with E-state index < -0.39 is 11.0 Å². The van der Waals surface area contributed by atoms with E-state index in [1.54, 1.807) is 18.2 Å². The smallest absolute Gasteiger partial charge is 0.269 e. The lowest BCUT2D eigenvalue weighted by Gasteiger charge is -2.23. The van der Waals surface area contributed by atoms with Crippen LogP contribution in [0.3, 0.4) is 0 Å². The first kappa shape index (κ1) is 15.3. The summed E-state index contributed by atoms with van der Waals surface area (Å²) in [6.45, 7) is 0. The van der Waals surface area contributed by atoms with Crippen LogP contribution >= 0.6 is 0 Å². The van der Waals surface area contributed by atoms with Crippen molar-refractivity contribution in [1.82, 2.24) is 10.2 Å². The maximum atomic E-state index is 13.2. The van der Waals surface area contributed by atoms with Crippen LogP contribution < -0.4 is 4.74 Å². The van der Waals surface area contributed by atoms with E-state index in [4.69, 9.17) is 9.15 Å². The molecule has 0 saturated carbocycles. The number of fused-ring (bicyclic) bond motifs is 1. The van der Waals surface area contributed by atoms with Crippen LogP contribution in [-0.4, -0.2) is 15.1 Å². The molecule has 0 aliphatic carbocycles. The molecule has 126 valence electrons. The number of nitro benzene ring substituents is 1. The van der Waals surface area contributed by atoms with Crippen molar-refractivity contribution in [2.75, 3.05) is 0 Å². The number of nitro groups is 1. The van der Waals surface area contributed by atoms with Gasteiger partial charge in [-0.2, -0.15) is 0 Å². The lowest BCUT2D eigenvalue weighted by molar-refractivity contribution is -0.384. The van der Waals surface area contributed by atoms with Gasteiger partial charge in [0.1, 0.15) is 11.6 Å². The fourth-order valence-electron chi connectivity index (χ4n) is 2.74. The van der Waals surface area contributed by atoms with Gasteiger partial charge >= 0.3 is 0 Å². The van der Waals surface area contributed by atoms with Crippen molar-refractivity contribution < 1.29 is 18.5 Å². The van der Waals surface area contributed by atoms with E-state index in [0.717, 1.165) is 5.56 Å². The van der Waals surface area contributed by atoms with E-state index in [9.17, 15) is 14.5 Å². The molecule has 0 bridgehead atoms. The zero-order chi connectivity index (χ0) is 17.4. The molecule has 0 saturated heterocycles. The Labute approximate surface area is 141 Å². The van der Waals surface area contributed by atoms with Crippen molar-refractivity contribution in [1.29, 1.82) is 0 Å². The molecule has 1 aliphatic rings. The highest BCUT2D eigenvalue weighted by Gasteiger charge is 2.26. The molecule has 0 fully saturated rings. The summed E-state index contributed by atoms with van der Waals surface area (Å²) in [5, 5.41) is 18.7. The standard InChI is InChI=1S/C17H12FN3O4/c18-12-4-8-14-11(9-12)3-7-15(24-14)17-20-19-16(25-17)10-1-5-13(6-2-10)21(22)23/h1-2,4-6,8-9,15H,3,7H2. The largest absolute Gasteiger partial charge is 0.480 e. The fourth-order valence-corrected chi connectivity index (χ4v) is 2.74. The molecule has 4 rings (SSSR count). The minimum absolute atomic E-state index is 0.0112. The van der Waals surface area contributed by atoms with Crippen LogP contribution in [0.15, 0.2) is 46.9 Å². The van der Waals surface area contributed by atoms with E-state index >= 15 is 0 Å². The molecule has 0 spiro atoms. The molecule has 8 heteroatoms. The Morgan fingerprint density at radius 2 is 1.96 bits per heavy atom. The molecule has 3 aromatic rings. The number of hydrogen-bond donors (Lipinski definition) is 0. The second kappa shape index (κ2) is 5.97. The minimum Gasteiger partial charge on any atom is -0.480 e. The van der Waals surface area contributed by atoms with Gasteiger partial charge in [-0.3, -0.25) is 10.1 Å². The number of nitrogens with zero attached hydrogens (tertiary/aromatic N) is 3. The molecule has 2 aromatic carbocycles.